The summed E-state index contributed by atoms with van der Waals surface area (Å²) in [4.78, 5) is 15.2. The first-order valence-electron chi connectivity index (χ1n) is 21.4. The molecule has 10 aromatic rings. The Labute approximate surface area is 367 Å². The van der Waals surface area contributed by atoms with Crippen LogP contribution < -0.4 is 0 Å². The maximum Gasteiger partial charge on any atom is 0.164 e. The number of hydrogen-bond acceptors (Lipinski definition) is 3. The number of hydrogen-bond donors (Lipinski definition) is 0. The van der Waals surface area contributed by atoms with Crippen molar-refractivity contribution in [1.82, 2.24) is 19.5 Å². The van der Waals surface area contributed by atoms with Gasteiger partial charge >= 0.3 is 0 Å². The molecule has 11 rings (SSSR count). The monoisotopic (exact) mass is 806 g/mol. The second-order valence-electron chi connectivity index (χ2n) is 16.0. The Bertz CT molecular complexity index is 3340. The highest BCUT2D eigenvalue weighted by molar-refractivity contribution is 6.12. The maximum atomic E-state index is 5.11. The summed E-state index contributed by atoms with van der Waals surface area (Å²) in [6, 6.07) is 71.0. The highest BCUT2D eigenvalue weighted by Gasteiger charge is 2.46. The molecule has 0 spiro atoms. The van der Waals surface area contributed by atoms with Crippen LogP contribution in [0.25, 0.3) is 83.9 Å². The third-order valence-corrected chi connectivity index (χ3v) is 12.4. The molecule has 0 aliphatic heterocycles. The number of allylic oxidation sites excluding steroid dienone is 5. The molecule has 1 atom stereocenters. The van der Waals surface area contributed by atoms with Gasteiger partial charge in [-0.05, 0) is 81.8 Å². The van der Waals surface area contributed by atoms with Crippen LogP contribution in [-0.4, -0.2) is 19.5 Å². The summed E-state index contributed by atoms with van der Waals surface area (Å²) in [5.74, 6) is 1.88. The van der Waals surface area contributed by atoms with E-state index >= 15 is 0 Å². The van der Waals surface area contributed by atoms with E-state index in [0.717, 1.165) is 44.5 Å². The number of benzene rings is 8. The Morgan fingerprint density at radius 3 is 1.70 bits per heavy atom. The SMILES string of the molecule is C=C(/C=C\C=C/C)C1(c2ccccc2)c2ccccc2-c2cc3c(cc21)c1ccc(-c2ccccc2)cc1n3-c1cccc(-c2nc(-c3ccccc3)nc(-c3ccccc3)n2)c1. The number of fused-ring (bicyclic) bond motifs is 6. The van der Waals surface area contributed by atoms with Gasteiger partial charge in [0.15, 0.2) is 17.5 Å². The third kappa shape index (κ3) is 6.35. The summed E-state index contributed by atoms with van der Waals surface area (Å²) in [6.07, 6.45) is 8.41. The zero-order valence-electron chi connectivity index (χ0n) is 34.9. The number of rotatable bonds is 9. The first-order valence-corrected chi connectivity index (χ1v) is 21.4. The van der Waals surface area contributed by atoms with Crippen molar-refractivity contribution in [2.45, 2.75) is 12.3 Å². The fourth-order valence-corrected chi connectivity index (χ4v) is 9.53. The zero-order chi connectivity index (χ0) is 42.3. The molecule has 63 heavy (non-hydrogen) atoms. The quantitative estimate of drug-likeness (QED) is 0.136. The van der Waals surface area contributed by atoms with Crippen molar-refractivity contribution in [3.63, 3.8) is 0 Å². The molecule has 4 nitrogen and oxygen atoms in total. The predicted octanol–water partition coefficient (Wildman–Crippen LogP) is 14.6. The average molecular weight is 807 g/mol. The van der Waals surface area contributed by atoms with Gasteiger partial charge in [0, 0.05) is 33.2 Å². The molecule has 1 unspecified atom stereocenters. The van der Waals surface area contributed by atoms with E-state index in [2.05, 4.69) is 168 Å². The zero-order valence-corrected chi connectivity index (χ0v) is 34.9. The average Bonchev–Trinajstić information content (AvgIpc) is 3.83. The Morgan fingerprint density at radius 2 is 1.03 bits per heavy atom. The molecule has 1 aliphatic carbocycles. The van der Waals surface area contributed by atoms with E-state index in [1.807, 2.05) is 67.6 Å². The lowest BCUT2D eigenvalue weighted by molar-refractivity contribution is 0.771. The van der Waals surface area contributed by atoms with Gasteiger partial charge in [0.05, 0.1) is 16.4 Å². The fraction of sp³-hybridized carbons (Fsp3) is 0.0339. The van der Waals surface area contributed by atoms with Crippen LogP contribution >= 0.6 is 0 Å². The minimum atomic E-state index is -0.608. The number of aromatic nitrogens is 4. The lowest BCUT2D eigenvalue weighted by Crippen LogP contribution is -2.28. The highest BCUT2D eigenvalue weighted by Crippen LogP contribution is 2.57. The molecule has 298 valence electrons. The molecule has 8 aromatic carbocycles. The molecule has 1 aliphatic rings. The number of nitrogens with zero attached hydrogens (tertiary/aromatic N) is 4. The molecule has 0 N–H and O–H groups in total. The van der Waals surface area contributed by atoms with Gasteiger partial charge in [0.1, 0.15) is 0 Å². The summed E-state index contributed by atoms with van der Waals surface area (Å²) >= 11 is 0. The van der Waals surface area contributed by atoms with E-state index in [1.54, 1.807) is 0 Å². The summed E-state index contributed by atoms with van der Waals surface area (Å²) in [7, 11) is 0. The largest absolute Gasteiger partial charge is 0.309 e. The van der Waals surface area contributed by atoms with E-state index in [4.69, 9.17) is 21.5 Å². The molecule has 0 bridgehead atoms. The van der Waals surface area contributed by atoms with Gasteiger partial charge in [-0.3, -0.25) is 0 Å². The van der Waals surface area contributed by atoms with Crippen LogP contribution in [0, 0.1) is 0 Å². The van der Waals surface area contributed by atoms with E-state index in [0.29, 0.717) is 17.5 Å². The lowest BCUT2D eigenvalue weighted by Gasteiger charge is -2.34. The third-order valence-electron chi connectivity index (χ3n) is 12.4. The first-order chi connectivity index (χ1) is 31.1. The van der Waals surface area contributed by atoms with Crippen LogP contribution in [0.15, 0.2) is 237 Å². The Morgan fingerprint density at radius 1 is 0.460 bits per heavy atom. The summed E-state index contributed by atoms with van der Waals surface area (Å²) in [5, 5.41) is 2.34. The van der Waals surface area contributed by atoms with Gasteiger partial charge in [-0.25, -0.2) is 15.0 Å². The van der Waals surface area contributed by atoms with Crippen LogP contribution in [0.4, 0.5) is 0 Å². The second kappa shape index (κ2) is 15.7. The fourth-order valence-electron chi connectivity index (χ4n) is 9.53. The Kier molecular flexibility index (Phi) is 9.40. The van der Waals surface area contributed by atoms with E-state index in [-0.39, 0.29) is 0 Å². The van der Waals surface area contributed by atoms with Crippen molar-refractivity contribution < 1.29 is 0 Å². The van der Waals surface area contributed by atoms with Crippen LogP contribution in [0.5, 0.6) is 0 Å². The lowest BCUT2D eigenvalue weighted by atomic mass is 9.67. The summed E-state index contributed by atoms with van der Waals surface area (Å²) < 4.78 is 2.42. The molecule has 4 heteroatoms. The molecule has 0 amide bonds. The predicted molar refractivity (Wildman–Crippen MR) is 261 cm³/mol. The summed E-state index contributed by atoms with van der Waals surface area (Å²) in [6.45, 7) is 6.88. The van der Waals surface area contributed by atoms with Crippen molar-refractivity contribution in [2.75, 3.05) is 0 Å². The van der Waals surface area contributed by atoms with Gasteiger partial charge < -0.3 is 4.57 Å². The standard InChI is InChI=1S/C59H42N4/c1-3-4-9-21-40(2)59(46-29-16-8-17-30-46)52-33-19-18-32-48(52)50-39-55-51(38-53(50)59)49-35-34-44(41-22-10-5-11-23-41)37-54(49)63(55)47-31-20-28-45(36-47)58-61-56(42-24-12-6-13-25-42)60-57(62-58)43-26-14-7-15-27-43/h3-39H,2H2,1H3/b4-3-,21-9-. The van der Waals surface area contributed by atoms with Gasteiger partial charge in [-0.2, -0.15) is 0 Å². The molecule has 0 fully saturated rings. The van der Waals surface area contributed by atoms with E-state index in [9.17, 15) is 0 Å². The normalized spacial score (nSPS) is 14.4. The molecule has 2 aromatic heterocycles. The van der Waals surface area contributed by atoms with Crippen molar-refractivity contribution in [3.05, 3.63) is 253 Å². The molecular weight excluding hydrogens is 765 g/mol. The van der Waals surface area contributed by atoms with Gasteiger partial charge in [-0.1, -0.05) is 201 Å². The molecule has 2 heterocycles. The van der Waals surface area contributed by atoms with Crippen molar-refractivity contribution in [2.24, 2.45) is 0 Å². The van der Waals surface area contributed by atoms with E-state index in [1.165, 1.54) is 44.2 Å². The van der Waals surface area contributed by atoms with Crippen molar-refractivity contribution in [3.8, 4) is 62.1 Å². The van der Waals surface area contributed by atoms with Gasteiger partial charge in [-0.15, -0.1) is 0 Å². The summed E-state index contributed by atoms with van der Waals surface area (Å²) in [5.41, 5.74) is 14.8. The maximum absolute atomic E-state index is 5.11. The first kappa shape index (κ1) is 37.8. The van der Waals surface area contributed by atoms with Crippen molar-refractivity contribution >= 4 is 21.8 Å². The Hall–Kier alpha value is -8.21. The second-order valence-corrected chi connectivity index (χ2v) is 16.0. The molecule has 0 saturated carbocycles. The minimum absolute atomic E-state index is 0.608. The van der Waals surface area contributed by atoms with Crippen LogP contribution in [0.2, 0.25) is 0 Å². The highest BCUT2D eigenvalue weighted by atomic mass is 15.0. The molecular formula is C59H42N4. The van der Waals surface area contributed by atoms with Crippen LogP contribution in [0.1, 0.15) is 23.6 Å². The van der Waals surface area contributed by atoms with Crippen molar-refractivity contribution in [1.29, 1.82) is 0 Å². The molecule has 0 radical (unpaired) electrons. The van der Waals surface area contributed by atoms with E-state index < -0.39 is 5.41 Å². The smallest absolute Gasteiger partial charge is 0.164 e. The van der Waals surface area contributed by atoms with Crippen LogP contribution in [-0.2, 0) is 5.41 Å². The molecule has 0 saturated heterocycles. The van der Waals surface area contributed by atoms with Gasteiger partial charge in [0.2, 0.25) is 0 Å². The topological polar surface area (TPSA) is 43.6 Å². The minimum Gasteiger partial charge on any atom is -0.309 e. The van der Waals surface area contributed by atoms with Gasteiger partial charge in [0.25, 0.3) is 0 Å². The van der Waals surface area contributed by atoms with Crippen LogP contribution in [0.3, 0.4) is 0 Å². The Balaban J connectivity index is 1.18.